The van der Waals surface area contributed by atoms with E-state index in [1.54, 1.807) is 6.07 Å². The quantitative estimate of drug-likeness (QED) is 0.601. The number of rotatable bonds is 7. The molecule has 1 aromatic heterocycles. The summed E-state index contributed by atoms with van der Waals surface area (Å²) in [6.45, 7) is 2.33. The molecule has 1 aromatic carbocycles. The van der Waals surface area contributed by atoms with Crippen LogP contribution < -0.4 is 15.8 Å². The van der Waals surface area contributed by atoms with Gasteiger partial charge in [-0.3, -0.25) is 0 Å². The van der Waals surface area contributed by atoms with Crippen molar-refractivity contribution in [2.24, 2.45) is 5.92 Å². The van der Waals surface area contributed by atoms with Gasteiger partial charge in [-0.2, -0.15) is 4.98 Å². The first-order chi connectivity index (χ1) is 15.3. The van der Waals surface area contributed by atoms with Gasteiger partial charge in [0.25, 0.3) is 0 Å². The first-order valence-corrected chi connectivity index (χ1v) is 10.9. The fourth-order valence-electron chi connectivity index (χ4n) is 4.47. The summed E-state index contributed by atoms with van der Waals surface area (Å²) < 4.78 is 56.5. The first kappa shape index (κ1) is 22.6. The van der Waals surface area contributed by atoms with E-state index in [0.29, 0.717) is 18.4 Å². The van der Waals surface area contributed by atoms with Crippen LogP contribution in [0.4, 0.5) is 29.3 Å². The molecule has 2 aliphatic rings. The Hall–Kier alpha value is -2.62. The van der Waals surface area contributed by atoms with Gasteiger partial charge in [-0.1, -0.05) is 18.2 Å². The zero-order valence-corrected chi connectivity index (χ0v) is 17.7. The molecule has 1 aliphatic heterocycles. The lowest BCUT2D eigenvalue weighted by atomic mass is 9.82. The molecule has 0 spiro atoms. The van der Waals surface area contributed by atoms with E-state index in [-0.39, 0.29) is 35.3 Å². The van der Waals surface area contributed by atoms with Crippen LogP contribution >= 0.6 is 0 Å². The molecule has 0 radical (unpaired) electrons. The average molecular weight is 453 g/mol. The summed E-state index contributed by atoms with van der Waals surface area (Å²) in [6, 6.07) is 6.41. The number of nitrogens with two attached hydrogens (primary N) is 1. The van der Waals surface area contributed by atoms with Gasteiger partial charge in [0.1, 0.15) is 5.75 Å². The van der Waals surface area contributed by atoms with E-state index in [1.165, 1.54) is 37.7 Å². The fraction of sp³-hybridized carbons (Fsp3) is 0.545. The summed E-state index contributed by atoms with van der Waals surface area (Å²) in [5.74, 6) is -0.811. The van der Waals surface area contributed by atoms with E-state index in [4.69, 9.17) is 5.73 Å². The van der Waals surface area contributed by atoms with Gasteiger partial charge in [0, 0.05) is 18.2 Å². The van der Waals surface area contributed by atoms with Crippen molar-refractivity contribution in [1.29, 1.82) is 0 Å². The van der Waals surface area contributed by atoms with Crippen molar-refractivity contribution < 1.29 is 22.3 Å². The lowest BCUT2D eigenvalue weighted by Crippen LogP contribution is -2.46. The number of nitrogens with one attached hydrogen (secondary N) is 1. The summed E-state index contributed by atoms with van der Waals surface area (Å²) in [5, 5.41) is 2.85. The van der Waals surface area contributed by atoms with Gasteiger partial charge >= 0.3 is 6.36 Å². The number of nitrogen functional groups attached to an aromatic ring is 1. The number of aromatic nitrogens is 2. The Morgan fingerprint density at radius 3 is 2.47 bits per heavy atom. The van der Waals surface area contributed by atoms with Crippen LogP contribution in [0.2, 0.25) is 0 Å². The lowest BCUT2D eigenvalue weighted by molar-refractivity contribution is -0.274. The third kappa shape index (κ3) is 5.59. The maximum Gasteiger partial charge on any atom is 0.573 e. The number of benzene rings is 1. The van der Waals surface area contributed by atoms with E-state index in [1.807, 2.05) is 0 Å². The topological polar surface area (TPSA) is 76.3 Å². The number of alkyl halides is 3. The molecule has 174 valence electrons. The highest BCUT2D eigenvalue weighted by atomic mass is 19.4. The van der Waals surface area contributed by atoms with Crippen molar-refractivity contribution in [3.8, 4) is 5.75 Å². The van der Waals surface area contributed by atoms with Crippen molar-refractivity contribution in [3.63, 3.8) is 0 Å². The molecule has 2 fully saturated rings. The van der Waals surface area contributed by atoms with Crippen LogP contribution in [-0.4, -0.2) is 40.4 Å². The van der Waals surface area contributed by atoms with Gasteiger partial charge in [0.05, 0.1) is 5.69 Å². The third-order valence-electron chi connectivity index (χ3n) is 6.29. The summed E-state index contributed by atoms with van der Waals surface area (Å²) >= 11 is 0. The zero-order chi connectivity index (χ0) is 22.7. The molecule has 4 rings (SSSR count). The smallest absolute Gasteiger partial charge is 0.405 e. The summed E-state index contributed by atoms with van der Waals surface area (Å²) in [4.78, 5) is 10.7. The molecule has 2 aromatic rings. The molecule has 10 heteroatoms. The second-order valence-corrected chi connectivity index (χ2v) is 8.47. The molecule has 1 saturated carbocycles. The summed E-state index contributed by atoms with van der Waals surface area (Å²) in [6.07, 6.45) is 1.17. The molecule has 1 aliphatic carbocycles. The Balaban J connectivity index is 1.40. The second kappa shape index (κ2) is 9.48. The van der Waals surface area contributed by atoms with Crippen LogP contribution in [0.3, 0.4) is 0 Å². The maximum absolute atomic E-state index is 14.6. The zero-order valence-electron chi connectivity index (χ0n) is 17.7. The molecule has 0 atom stereocenters. The molecule has 32 heavy (non-hydrogen) atoms. The van der Waals surface area contributed by atoms with Crippen LogP contribution in [0.1, 0.15) is 43.4 Å². The van der Waals surface area contributed by atoms with E-state index >= 15 is 0 Å². The number of para-hydroxylation sites is 1. The number of nitrogens with zero attached hydrogens (tertiary/aromatic N) is 3. The largest absolute Gasteiger partial charge is 0.573 e. The molecule has 2 heterocycles. The van der Waals surface area contributed by atoms with Crippen molar-refractivity contribution in [1.82, 2.24) is 14.9 Å². The Labute approximate surface area is 184 Å². The van der Waals surface area contributed by atoms with Crippen molar-refractivity contribution in [2.75, 3.05) is 24.1 Å². The second-order valence-electron chi connectivity index (χ2n) is 8.47. The van der Waals surface area contributed by atoms with E-state index in [9.17, 15) is 17.6 Å². The monoisotopic (exact) mass is 453 g/mol. The van der Waals surface area contributed by atoms with Gasteiger partial charge in [-0.05, 0) is 63.6 Å². The van der Waals surface area contributed by atoms with Gasteiger partial charge in [-0.25, -0.2) is 9.37 Å². The van der Waals surface area contributed by atoms with Gasteiger partial charge < -0.3 is 20.7 Å². The number of likely N-dealkylation sites (tertiary alicyclic amines) is 1. The Morgan fingerprint density at radius 1 is 1.09 bits per heavy atom. The number of anilines is 2. The molecule has 0 unspecified atom stereocenters. The molecule has 0 bridgehead atoms. The van der Waals surface area contributed by atoms with Crippen LogP contribution in [0.25, 0.3) is 0 Å². The van der Waals surface area contributed by atoms with E-state index < -0.39 is 12.2 Å². The third-order valence-corrected chi connectivity index (χ3v) is 6.29. The highest BCUT2D eigenvalue weighted by Gasteiger charge is 2.32. The highest BCUT2D eigenvalue weighted by molar-refractivity contribution is 5.42. The van der Waals surface area contributed by atoms with Gasteiger partial charge in [0.2, 0.25) is 5.95 Å². The van der Waals surface area contributed by atoms with Crippen molar-refractivity contribution in [2.45, 2.75) is 57.5 Å². The molecule has 3 N–H and O–H groups in total. The normalized spacial score (nSPS) is 21.8. The summed E-state index contributed by atoms with van der Waals surface area (Å²) in [7, 11) is 0. The summed E-state index contributed by atoms with van der Waals surface area (Å²) in [5.41, 5.74) is 6.26. The van der Waals surface area contributed by atoms with Crippen LogP contribution in [0.5, 0.6) is 5.75 Å². The minimum absolute atomic E-state index is 0.0301. The predicted molar refractivity (Wildman–Crippen MR) is 112 cm³/mol. The molecule has 6 nitrogen and oxygen atoms in total. The highest BCUT2D eigenvalue weighted by Crippen LogP contribution is 2.33. The number of ether oxygens (including phenoxy) is 1. The van der Waals surface area contributed by atoms with E-state index in [0.717, 1.165) is 25.7 Å². The molecule has 1 saturated heterocycles. The minimum Gasteiger partial charge on any atom is -0.405 e. The number of hydrogen-bond donors (Lipinski definition) is 2. The van der Waals surface area contributed by atoms with Crippen molar-refractivity contribution >= 4 is 11.8 Å². The standard InChI is InChI=1S/C22H27F4N5O/c23-19-17(12-14-6-8-16(9-7-14)31-10-3-11-31)29-21(30-20(19)27)28-13-15-4-1-2-5-18(15)32-22(24,25)26/h1-2,4-5,14,16H,3,6-13H2,(H3,27,28,29,30). The fourth-order valence-corrected chi connectivity index (χ4v) is 4.47. The van der Waals surface area contributed by atoms with Crippen LogP contribution in [0, 0.1) is 11.7 Å². The number of halogens is 4. The Kier molecular flexibility index (Phi) is 6.68. The first-order valence-electron chi connectivity index (χ1n) is 10.9. The van der Waals surface area contributed by atoms with E-state index in [2.05, 4.69) is 24.9 Å². The molecular weight excluding hydrogens is 426 g/mol. The SMILES string of the molecule is Nc1nc(NCc2ccccc2OC(F)(F)F)nc(CC2CCC(N3CCC3)CC2)c1F. The minimum atomic E-state index is -4.80. The maximum atomic E-state index is 14.6. The number of hydrogen-bond acceptors (Lipinski definition) is 6. The van der Waals surface area contributed by atoms with Crippen LogP contribution in [0.15, 0.2) is 24.3 Å². The molecule has 0 amide bonds. The van der Waals surface area contributed by atoms with Gasteiger partial charge in [0.15, 0.2) is 11.6 Å². The van der Waals surface area contributed by atoms with Crippen molar-refractivity contribution in [3.05, 3.63) is 41.3 Å². The Morgan fingerprint density at radius 2 is 1.81 bits per heavy atom. The average Bonchev–Trinajstić information content (AvgIpc) is 2.70. The lowest BCUT2D eigenvalue weighted by Gasteiger charge is -2.42. The Bertz CT molecular complexity index is 927. The van der Waals surface area contributed by atoms with Gasteiger partial charge in [-0.15, -0.1) is 13.2 Å². The van der Waals surface area contributed by atoms with Crippen LogP contribution in [-0.2, 0) is 13.0 Å². The predicted octanol–water partition coefficient (Wildman–Crippen LogP) is 4.52. The molecular formula is C22H27F4N5O.